The Bertz CT molecular complexity index is 373. The number of nitrogens with zero attached hydrogens (tertiary/aromatic N) is 2. The molecule has 0 bridgehead atoms. The Kier molecular flexibility index (Phi) is 3.64. The molecule has 1 saturated heterocycles. The highest BCUT2D eigenvalue weighted by Crippen LogP contribution is 2.31. The largest absolute Gasteiger partial charge is 0.396 e. The van der Waals surface area contributed by atoms with Gasteiger partial charge in [0.25, 0.3) is 0 Å². The van der Waals surface area contributed by atoms with Gasteiger partial charge in [0, 0.05) is 25.9 Å². The summed E-state index contributed by atoms with van der Waals surface area (Å²) in [4.78, 5) is 6.56. The standard InChI is InChI=1S/C13H20N2O2/c1-13(10-17)3-6-15(7-4-13)12-8-11(9-16)2-5-14-12/h2,5,8,16-17H,3-4,6-7,9-10H2,1H3. The van der Waals surface area contributed by atoms with Gasteiger partial charge in [-0.2, -0.15) is 0 Å². The zero-order valence-corrected chi connectivity index (χ0v) is 10.3. The van der Waals surface area contributed by atoms with Crippen LogP contribution in [0.5, 0.6) is 0 Å². The van der Waals surface area contributed by atoms with E-state index in [0.717, 1.165) is 37.3 Å². The maximum absolute atomic E-state index is 9.32. The molecule has 0 spiro atoms. The molecule has 2 heterocycles. The summed E-state index contributed by atoms with van der Waals surface area (Å²) in [6.45, 7) is 4.27. The number of aliphatic hydroxyl groups excluding tert-OH is 2. The molecule has 17 heavy (non-hydrogen) atoms. The number of hydrogen-bond acceptors (Lipinski definition) is 4. The number of rotatable bonds is 3. The summed E-state index contributed by atoms with van der Waals surface area (Å²) in [6, 6.07) is 3.76. The highest BCUT2D eigenvalue weighted by atomic mass is 16.3. The molecule has 1 aromatic heterocycles. The maximum atomic E-state index is 9.32. The van der Waals surface area contributed by atoms with Crippen molar-refractivity contribution in [2.75, 3.05) is 24.6 Å². The molecule has 0 amide bonds. The lowest BCUT2D eigenvalue weighted by molar-refractivity contribution is 0.114. The van der Waals surface area contributed by atoms with Crippen molar-refractivity contribution in [1.82, 2.24) is 4.98 Å². The Morgan fingerprint density at radius 1 is 1.35 bits per heavy atom. The lowest BCUT2D eigenvalue weighted by Gasteiger charge is -2.38. The van der Waals surface area contributed by atoms with Gasteiger partial charge in [-0.25, -0.2) is 4.98 Å². The first kappa shape index (κ1) is 12.3. The number of hydrogen-bond donors (Lipinski definition) is 2. The third-order valence-electron chi connectivity index (χ3n) is 3.67. The number of aromatic nitrogens is 1. The summed E-state index contributed by atoms with van der Waals surface area (Å²) in [7, 11) is 0. The predicted octanol–water partition coefficient (Wildman–Crippen LogP) is 1.17. The lowest BCUT2D eigenvalue weighted by atomic mass is 9.81. The lowest BCUT2D eigenvalue weighted by Crippen LogP contribution is -2.40. The van der Waals surface area contributed by atoms with Crippen molar-refractivity contribution in [3.63, 3.8) is 0 Å². The molecule has 0 aromatic carbocycles. The molecule has 4 nitrogen and oxygen atoms in total. The molecule has 0 radical (unpaired) electrons. The van der Waals surface area contributed by atoms with Gasteiger partial charge in [0.05, 0.1) is 6.61 Å². The fourth-order valence-corrected chi connectivity index (χ4v) is 2.17. The molecule has 0 atom stereocenters. The van der Waals surface area contributed by atoms with Gasteiger partial charge in [-0.3, -0.25) is 0 Å². The van der Waals surface area contributed by atoms with E-state index in [4.69, 9.17) is 5.11 Å². The molecular formula is C13H20N2O2. The van der Waals surface area contributed by atoms with Crippen molar-refractivity contribution in [3.8, 4) is 0 Å². The summed E-state index contributed by atoms with van der Waals surface area (Å²) < 4.78 is 0. The van der Waals surface area contributed by atoms with Crippen molar-refractivity contribution < 1.29 is 10.2 Å². The first-order valence-corrected chi connectivity index (χ1v) is 6.08. The van der Waals surface area contributed by atoms with E-state index in [1.807, 2.05) is 12.1 Å². The van der Waals surface area contributed by atoms with E-state index in [0.29, 0.717) is 0 Å². The van der Waals surface area contributed by atoms with E-state index in [1.54, 1.807) is 6.20 Å². The Hall–Kier alpha value is -1.13. The molecule has 1 aromatic rings. The molecule has 4 heteroatoms. The van der Waals surface area contributed by atoms with Crippen LogP contribution < -0.4 is 4.90 Å². The molecule has 2 rings (SSSR count). The fourth-order valence-electron chi connectivity index (χ4n) is 2.17. The molecule has 94 valence electrons. The SMILES string of the molecule is CC1(CO)CCN(c2cc(CO)ccn2)CC1. The zero-order chi connectivity index (χ0) is 12.3. The van der Waals surface area contributed by atoms with Crippen LogP contribution in [0.4, 0.5) is 5.82 Å². The summed E-state index contributed by atoms with van der Waals surface area (Å²) in [5, 5.41) is 18.4. The number of pyridine rings is 1. The average molecular weight is 236 g/mol. The van der Waals surface area contributed by atoms with Crippen molar-refractivity contribution >= 4 is 5.82 Å². The van der Waals surface area contributed by atoms with Crippen LogP contribution in [0.15, 0.2) is 18.3 Å². The fraction of sp³-hybridized carbons (Fsp3) is 0.615. The van der Waals surface area contributed by atoms with Crippen LogP contribution >= 0.6 is 0 Å². The quantitative estimate of drug-likeness (QED) is 0.827. The van der Waals surface area contributed by atoms with Gasteiger partial charge in [0.15, 0.2) is 0 Å². The molecular weight excluding hydrogens is 216 g/mol. The molecule has 2 N–H and O–H groups in total. The van der Waals surface area contributed by atoms with Crippen LogP contribution in [0.2, 0.25) is 0 Å². The number of piperidine rings is 1. The second-order valence-corrected chi connectivity index (χ2v) is 5.14. The minimum Gasteiger partial charge on any atom is -0.396 e. The van der Waals surface area contributed by atoms with Crippen LogP contribution in [0.25, 0.3) is 0 Å². The Morgan fingerprint density at radius 3 is 2.65 bits per heavy atom. The van der Waals surface area contributed by atoms with Crippen LogP contribution in [-0.2, 0) is 6.61 Å². The van der Waals surface area contributed by atoms with Crippen LogP contribution in [0.3, 0.4) is 0 Å². The molecule has 0 unspecified atom stereocenters. The van der Waals surface area contributed by atoms with Gasteiger partial charge in [0.2, 0.25) is 0 Å². The van der Waals surface area contributed by atoms with Crippen LogP contribution in [-0.4, -0.2) is 34.9 Å². The Balaban J connectivity index is 2.05. The van der Waals surface area contributed by atoms with E-state index in [2.05, 4.69) is 16.8 Å². The zero-order valence-electron chi connectivity index (χ0n) is 10.3. The molecule has 0 aliphatic carbocycles. The van der Waals surface area contributed by atoms with Gasteiger partial charge in [-0.1, -0.05) is 6.92 Å². The molecule has 0 saturated carbocycles. The van der Waals surface area contributed by atoms with Gasteiger partial charge >= 0.3 is 0 Å². The van der Waals surface area contributed by atoms with Gasteiger partial charge in [-0.15, -0.1) is 0 Å². The van der Waals surface area contributed by atoms with Gasteiger partial charge < -0.3 is 15.1 Å². The number of aliphatic hydroxyl groups is 2. The normalized spacial score (nSPS) is 19.4. The highest BCUT2D eigenvalue weighted by Gasteiger charge is 2.29. The molecule has 1 fully saturated rings. The van der Waals surface area contributed by atoms with Crippen molar-refractivity contribution in [3.05, 3.63) is 23.9 Å². The number of anilines is 1. The second-order valence-electron chi connectivity index (χ2n) is 5.14. The second kappa shape index (κ2) is 5.02. The van der Waals surface area contributed by atoms with E-state index in [1.165, 1.54) is 0 Å². The van der Waals surface area contributed by atoms with Gasteiger partial charge in [-0.05, 0) is 36.0 Å². The van der Waals surface area contributed by atoms with Crippen molar-refractivity contribution in [1.29, 1.82) is 0 Å². The van der Waals surface area contributed by atoms with E-state index in [9.17, 15) is 5.11 Å². The minimum atomic E-state index is 0.0533. The average Bonchev–Trinajstić information content (AvgIpc) is 2.40. The first-order chi connectivity index (χ1) is 8.17. The summed E-state index contributed by atoms with van der Waals surface area (Å²) >= 11 is 0. The Morgan fingerprint density at radius 2 is 2.06 bits per heavy atom. The van der Waals surface area contributed by atoms with Crippen molar-refractivity contribution in [2.24, 2.45) is 5.41 Å². The maximum Gasteiger partial charge on any atom is 0.128 e. The van der Waals surface area contributed by atoms with E-state index < -0.39 is 0 Å². The van der Waals surface area contributed by atoms with Crippen molar-refractivity contribution in [2.45, 2.75) is 26.4 Å². The predicted molar refractivity (Wildman–Crippen MR) is 66.8 cm³/mol. The topological polar surface area (TPSA) is 56.6 Å². The van der Waals surface area contributed by atoms with E-state index >= 15 is 0 Å². The van der Waals surface area contributed by atoms with Crippen LogP contribution in [0.1, 0.15) is 25.3 Å². The third-order valence-corrected chi connectivity index (χ3v) is 3.67. The van der Waals surface area contributed by atoms with Gasteiger partial charge in [0.1, 0.15) is 5.82 Å². The molecule has 1 aliphatic heterocycles. The van der Waals surface area contributed by atoms with Crippen LogP contribution in [0, 0.1) is 5.41 Å². The van der Waals surface area contributed by atoms with E-state index in [-0.39, 0.29) is 18.6 Å². The monoisotopic (exact) mass is 236 g/mol. The smallest absolute Gasteiger partial charge is 0.128 e. The molecule has 1 aliphatic rings. The Labute approximate surface area is 102 Å². The summed E-state index contributed by atoms with van der Waals surface area (Å²) in [5.74, 6) is 0.927. The summed E-state index contributed by atoms with van der Waals surface area (Å²) in [5.41, 5.74) is 0.955. The first-order valence-electron chi connectivity index (χ1n) is 6.08. The third kappa shape index (κ3) is 2.76. The minimum absolute atomic E-state index is 0.0533. The highest BCUT2D eigenvalue weighted by molar-refractivity contribution is 5.41. The summed E-state index contributed by atoms with van der Waals surface area (Å²) in [6.07, 6.45) is 3.70.